The molecule has 21 heavy (non-hydrogen) atoms. The first-order valence-electron chi connectivity index (χ1n) is 7.16. The summed E-state index contributed by atoms with van der Waals surface area (Å²) >= 11 is 5.84. The quantitative estimate of drug-likeness (QED) is 0.824. The summed E-state index contributed by atoms with van der Waals surface area (Å²) in [5, 5.41) is 4.08. The first kappa shape index (κ1) is 18.0. The number of piperidine rings is 1. The normalized spacial score (nSPS) is 22.0. The number of rotatable bonds is 2. The molecule has 0 bridgehead atoms. The predicted molar refractivity (Wildman–Crippen MR) is 86.6 cm³/mol. The smallest absolute Gasteiger partial charge is 0.293 e. The van der Waals surface area contributed by atoms with Gasteiger partial charge in [-0.15, -0.1) is 0 Å². The van der Waals surface area contributed by atoms with E-state index in [0.29, 0.717) is 12.4 Å². The largest absolute Gasteiger partial charge is 0.462 e. The molecule has 118 valence electrons. The summed E-state index contributed by atoms with van der Waals surface area (Å²) in [6, 6.07) is 8.26. The third kappa shape index (κ3) is 6.93. The van der Waals surface area contributed by atoms with Crippen molar-refractivity contribution < 1.29 is 9.53 Å². The Morgan fingerprint density at radius 2 is 1.95 bits per heavy atom. The van der Waals surface area contributed by atoms with Gasteiger partial charge < -0.3 is 15.8 Å². The van der Waals surface area contributed by atoms with Crippen LogP contribution in [0.4, 0.5) is 0 Å². The van der Waals surface area contributed by atoms with Crippen molar-refractivity contribution in [3.63, 3.8) is 0 Å². The Bertz CT molecular complexity index is 429. The van der Waals surface area contributed by atoms with Crippen molar-refractivity contribution in [2.45, 2.75) is 44.8 Å². The molecule has 2 atom stereocenters. The van der Waals surface area contributed by atoms with Crippen LogP contribution in [0.15, 0.2) is 24.3 Å². The maximum atomic E-state index is 9.60. The minimum absolute atomic E-state index is 0.227. The summed E-state index contributed by atoms with van der Waals surface area (Å²) in [4.78, 5) is 9.60. The van der Waals surface area contributed by atoms with E-state index < -0.39 is 0 Å². The summed E-state index contributed by atoms with van der Waals surface area (Å²) in [5.41, 5.74) is 7.04. The molecule has 1 fully saturated rings. The van der Waals surface area contributed by atoms with Gasteiger partial charge in [0.15, 0.2) is 0 Å². The van der Waals surface area contributed by atoms with Crippen molar-refractivity contribution in [3.8, 4) is 0 Å². The van der Waals surface area contributed by atoms with Crippen molar-refractivity contribution in [1.29, 1.82) is 0 Å². The van der Waals surface area contributed by atoms with Gasteiger partial charge in [0.25, 0.3) is 6.47 Å². The zero-order chi connectivity index (χ0) is 15.9. The van der Waals surface area contributed by atoms with E-state index in [1.165, 1.54) is 5.56 Å². The first-order valence-corrected chi connectivity index (χ1v) is 7.54. The Morgan fingerprint density at radius 1 is 1.33 bits per heavy atom. The zero-order valence-corrected chi connectivity index (χ0v) is 13.7. The third-order valence-corrected chi connectivity index (χ3v) is 3.48. The number of hydrogen-bond acceptors (Lipinski definition) is 4. The minimum Gasteiger partial charge on any atom is -0.462 e. The molecule has 1 aromatic carbocycles. The lowest BCUT2D eigenvalue weighted by molar-refractivity contribution is -0.138. The fraction of sp³-hybridized carbons (Fsp3) is 0.562. The van der Waals surface area contributed by atoms with E-state index >= 15 is 0 Å². The van der Waals surface area contributed by atoms with Crippen LogP contribution in [0.2, 0.25) is 5.02 Å². The first-order chi connectivity index (χ1) is 9.83. The average Bonchev–Trinajstić information content (AvgIpc) is 2.40. The van der Waals surface area contributed by atoms with Gasteiger partial charge in [-0.25, -0.2) is 0 Å². The second-order valence-corrected chi connectivity index (χ2v) is 6.58. The molecule has 1 aliphatic rings. The van der Waals surface area contributed by atoms with Crippen LogP contribution in [0.25, 0.3) is 0 Å². The lowest BCUT2D eigenvalue weighted by atomic mass is 9.87. The Hall–Kier alpha value is -1.10. The Labute approximate surface area is 132 Å². The molecule has 1 aliphatic heterocycles. The SMILES string of the molecule is CC(C)(C)OC=O.N[C@@H]1CNCC[C@H]1c1ccc(Cl)cc1. The summed E-state index contributed by atoms with van der Waals surface area (Å²) in [7, 11) is 0. The fourth-order valence-electron chi connectivity index (χ4n) is 2.15. The van der Waals surface area contributed by atoms with Crippen molar-refractivity contribution in [2.24, 2.45) is 5.73 Å². The molecule has 0 aromatic heterocycles. The molecule has 0 aliphatic carbocycles. The van der Waals surface area contributed by atoms with Crippen LogP contribution < -0.4 is 11.1 Å². The third-order valence-electron chi connectivity index (χ3n) is 3.23. The number of halogens is 1. The molecule has 0 radical (unpaired) electrons. The standard InChI is InChI=1S/C11H15ClN2.C5H10O2/c12-9-3-1-8(2-4-9)10-5-6-14-7-11(10)13;1-5(2,3)7-4-6/h1-4,10-11,14H,5-7,13H2;4H,1-3H3/t10-,11+;/m0./s1. The van der Waals surface area contributed by atoms with Crippen LogP contribution in [-0.2, 0) is 9.53 Å². The fourth-order valence-corrected chi connectivity index (χ4v) is 2.28. The number of carbonyl (C=O) groups excluding carboxylic acids is 1. The number of ether oxygens (including phenoxy) is 1. The highest BCUT2D eigenvalue weighted by atomic mass is 35.5. The molecular formula is C16H25ClN2O2. The zero-order valence-electron chi connectivity index (χ0n) is 12.9. The van der Waals surface area contributed by atoms with Gasteiger partial charge in [-0.05, 0) is 51.4 Å². The van der Waals surface area contributed by atoms with E-state index in [2.05, 4.69) is 22.2 Å². The van der Waals surface area contributed by atoms with Gasteiger partial charge in [0.05, 0.1) is 0 Å². The Kier molecular flexibility index (Phi) is 7.15. The maximum absolute atomic E-state index is 9.60. The second kappa shape index (κ2) is 8.37. The van der Waals surface area contributed by atoms with E-state index in [0.717, 1.165) is 24.5 Å². The van der Waals surface area contributed by atoms with E-state index in [-0.39, 0.29) is 11.6 Å². The van der Waals surface area contributed by atoms with E-state index in [9.17, 15) is 4.79 Å². The molecule has 3 N–H and O–H groups in total. The maximum Gasteiger partial charge on any atom is 0.293 e. The van der Waals surface area contributed by atoms with Gasteiger partial charge in [-0.3, -0.25) is 4.79 Å². The molecule has 0 unspecified atom stereocenters. The summed E-state index contributed by atoms with van der Waals surface area (Å²) < 4.78 is 4.55. The molecule has 5 heteroatoms. The van der Waals surface area contributed by atoms with E-state index in [4.69, 9.17) is 17.3 Å². The lowest BCUT2D eigenvalue weighted by Gasteiger charge is -2.29. The number of nitrogens with two attached hydrogens (primary N) is 1. The molecule has 1 aromatic rings. The highest BCUT2D eigenvalue weighted by Crippen LogP contribution is 2.25. The Balaban J connectivity index is 0.000000270. The Morgan fingerprint density at radius 3 is 2.38 bits per heavy atom. The second-order valence-electron chi connectivity index (χ2n) is 6.14. The van der Waals surface area contributed by atoms with Crippen LogP contribution in [0, 0.1) is 0 Å². The van der Waals surface area contributed by atoms with E-state index in [1.54, 1.807) is 0 Å². The summed E-state index contributed by atoms with van der Waals surface area (Å²) in [5.74, 6) is 0.480. The van der Waals surface area contributed by atoms with Gasteiger partial charge in [-0.1, -0.05) is 23.7 Å². The molecule has 1 saturated heterocycles. The number of benzene rings is 1. The summed E-state index contributed by atoms with van der Waals surface area (Å²) in [6.45, 7) is 7.89. The molecule has 1 heterocycles. The van der Waals surface area contributed by atoms with E-state index in [1.807, 2.05) is 32.9 Å². The molecule has 0 saturated carbocycles. The predicted octanol–water partition coefficient (Wildman–Crippen LogP) is 2.70. The number of hydrogen-bond donors (Lipinski definition) is 2. The highest BCUT2D eigenvalue weighted by molar-refractivity contribution is 6.30. The van der Waals surface area contributed by atoms with Gasteiger partial charge in [0.2, 0.25) is 0 Å². The molecule has 2 rings (SSSR count). The monoisotopic (exact) mass is 312 g/mol. The van der Waals surface area contributed by atoms with Gasteiger partial charge in [0, 0.05) is 23.5 Å². The molecular weight excluding hydrogens is 288 g/mol. The number of carbonyl (C=O) groups is 1. The average molecular weight is 313 g/mol. The molecule has 4 nitrogen and oxygen atoms in total. The van der Waals surface area contributed by atoms with Crippen LogP contribution in [0.5, 0.6) is 0 Å². The van der Waals surface area contributed by atoms with Crippen LogP contribution in [0.3, 0.4) is 0 Å². The van der Waals surface area contributed by atoms with Gasteiger partial charge >= 0.3 is 0 Å². The van der Waals surface area contributed by atoms with Crippen molar-refractivity contribution in [1.82, 2.24) is 5.32 Å². The van der Waals surface area contributed by atoms with Crippen LogP contribution in [0.1, 0.15) is 38.7 Å². The number of nitrogens with one attached hydrogen (secondary N) is 1. The summed E-state index contributed by atoms with van der Waals surface area (Å²) in [6.07, 6.45) is 1.11. The molecule has 0 spiro atoms. The van der Waals surface area contributed by atoms with Crippen molar-refractivity contribution in [3.05, 3.63) is 34.9 Å². The van der Waals surface area contributed by atoms with Gasteiger partial charge in [0.1, 0.15) is 5.60 Å². The van der Waals surface area contributed by atoms with Crippen LogP contribution in [-0.4, -0.2) is 31.2 Å². The topological polar surface area (TPSA) is 64.3 Å². The molecule has 0 amide bonds. The highest BCUT2D eigenvalue weighted by Gasteiger charge is 2.22. The van der Waals surface area contributed by atoms with Crippen molar-refractivity contribution in [2.75, 3.05) is 13.1 Å². The van der Waals surface area contributed by atoms with Crippen LogP contribution >= 0.6 is 11.6 Å². The van der Waals surface area contributed by atoms with Gasteiger partial charge in [-0.2, -0.15) is 0 Å². The minimum atomic E-state index is -0.318. The lowest BCUT2D eigenvalue weighted by Crippen LogP contribution is -2.44. The van der Waals surface area contributed by atoms with Crippen molar-refractivity contribution >= 4 is 18.1 Å².